The van der Waals surface area contributed by atoms with Crippen LogP contribution >= 0.6 is 0 Å². The van der Waals surface area contributed by atoms with Gasteiger partial charge < -0.3 is 36.5 Å². The molecular weight excluding hydrogens is 406 g/mol. The summed E-state index contributed by atoms with van der Waals surface area (Å²) in [6, 6.07) is -1.05. The summed E-state index contributed by atoms with van der Waals surface area (Å²) in [4.78, 5) is 39.6. The highest BCUT2D eigenvalue weighted by molar-refractivity contribution is 5.82. The second kappa shape index (κ2) is 12.1. The van der Waals surface area contributed by atoms with E-state index in [0.717, 1.165) is 30.6 Å². The Labute approximate surface area is 179 Å². The highest BCUT2D eigenvalue weighted by atomic mass is 16.5. The second-order valence-electron chi connectivity index (χ2n) is 6.76. The zero-order chi connectivity index (χ0) is 22.6. The molecule has 1 atom stereocenters. The zero-order valence-corrected chi connectivity index (χ0v) is 17.5. The second-order valence-corrected chi connectivity index (χ2v) is 6.76. The SMILES string of the molecule is CNc1ncnc2c1ncn2CCCCCOC(=O)N[C@@H](CCCN=C(N)N)C(=O)O. The lowest BCUT2D eigenvalue weighted by atomic mass is 10.1. The first kappa shape index (κ1) is 23.6. The molecule has 2 rings (SSSR count). The molecule has 1 amide bonds. The molecule has 0 aliphatic rings. The van der Waals surface area contributed by atoms with E-state index in [1.165, 1.54) is 6.33 Å². The third kappa shape index (κ3) is 7.60. The van der Waals surface area contributed by atoms with E-state index < -0.39 is 18.1 Å². The normalized spacial score (nSPS) is 11.6. The molecule has 0 spiro atoms. The standard InChI is InChI=1S/C18H29N9O4/c1-21-14-13-15(24-10-23-14)27(11-25-13)8-3-2-4-9-31-18(30)26-12(16(28)29)6-5-7-22-17(19)20/h10-12H,2-9H2,1H3,(H,26,30)(H,28,29)(H4,19,20,22)(H,21,23,24)/t12-/m0/s1. The van der Waals surface area contributed by atoms with Gasteiger partial charge >= 0.3 is 12.1 Å². The summed E-state index contributed by atoms with van der Waals surface area (Å²) in [6.45, 7) is 1.21. The van der Waals surface area contributed by atoms with Crippen LogP contribution in [-0.4, -0.2) is 68.9 Å². The maximum Gasteiger partial charge on any atom is 0.407 e. The van der Waals surface area contributed by atoms with Crippen LogP contribution < -0.4 is 22.1 Å². The van der Waals surface area contributed by atoms with E-state index in [-0.39, 0.29) is 25.5 Å². The number of aryl methyl sites for hydroxylation is 1. The predicted molar refractivity (Wildman–Crippen MR) is 115 cm³/mol. The van der Waals surface area contributed by atoms with Crippen LogP contribution in [0.5, 0.6) is 0 Å². The van der Waals surface area contributed by atoms with Crippen molar-refractivity contribution < 1.29 is 19.4 Å². The molecule has 13 nitrogen and oxygen atoms in total. The van der Waals surface area contributed by atoms with Gasteiger partial charge in [-0.05, 0) is 32.1 Å². The van der Waals surface area contributed by atoms with Gasteiger partial charge in [-0.1, -0.05) is 0 Å². The molecule has 0 radical (unpaired) electrons. The Balaban J connectivity index is 1.65. The molecule has 0 saturated carbocycles. The van der Waals surface area contributed by atoms with Crippen molar-refractivity contribution in [3.8, 4) is 0 Å². The Morgan fingerprint density at radius 2 is 2.03 bits per heavy atom. The summed E-state index contributed by atoms with van der Waals surface area (Å²) in [5.41, 5.74) is 11.9. The molecule has 0 aliphatic carbocycles. The van der Waals surface area contributed by atoms with Crippen molar-refractivity contribution in [2.45, 2.75) is 44.7 Å². The van der Waals surface area contributed by atoms with Gasteiger partial charge in [-0.25, -0.2) is 24.5 Å². The molecule has 0 unspecified atom stereocenters. The number of nitrogens with one attached hydrogen (secondary N) is 2. The topological polar surface area (TPSA) is 196 Å². The monoisotopic (exact) mass is 435 g/mol. The summed E-state index contributed by atoms with van der Waals surface area (Å²) >= 11 is 0. The minimum atomic E-state index is -1.14. The molecular formula is C18H29N9O4. The van der Waals surface area contributed by atoms with E-state index >= 15 is 0 Å². The van der Waals surface area contributed by atoms with Crippen molar-refractivity contribution >= 4 is 35.0 Å². The molecule has 0 saturated heterocycles. The number of nitrogens with two attached hydrogens (primary N) is 2. The number of aromatic nitrogens is 4. The number of rotatable bonds is 13. The number of carboxylic acid groups (broad SMARTS) is 1. The van der Waals surface area contributed by atoms with Gasteiger partial charge in [0, 0.05) is 20.1 Å². The number of carbonyl (C=O) groups is 2. The van der Waals surface area contributed by atoms with Gasteiger partial charge in [0.25, 0.3) is 0 Å². The van der Waals surface area contributed by atoms with Crippen molar-refractivity contribution in [1.82, 2.24) is 24.8 Å². The predicted octanol–water partition coefficient (Wildman–Crippen LogP) is 0.271. The van der Waals surface area contributed by atoms with E-state index in [4.69, 9.17) is 16.2 Å². The van der Waals surface area contributed by atoms with E-state index in [0.29, 0.717) is 18.7 Å². The van der Waals surface area contributed by atoms with Crippen LogP contribution in [-0.2, 0) is 16.1 Å². The molecule has 2 aromatic heterocycles. The third-order valence-corrected chi connectivity index (χ3v) is 4.45. The van der Waals surface area contributed by atoms with Crippen LogP contribution in [0.25, 0.3) is 11.2 Å². The number of carbonyl (C=O) groups excluding carboxylic acids is 1. The van der Waals surface area contributed by atoms with Crippen molar-refractivity contribution in [2.24, 2.45) is 16.5 Å². The maximum atomic E-state index is 11.8. The number of hydrogen-bond donors (Lipinski definition) is 5. The number of carboxylic acids is 1. The lowest BCUT2D eigenvalue weighted by Crippen LogP contribution is -2.41. The first-order chi connectivity index (χ1) is 14.9. The maximum absolute atomic E-state index is 11.8. The average molecular weight is 435 g/mol. The number of alkyl carbamates (subject to hydrolysis) is 1. The number of ether oxygens (including phenoxy) is 1. The number of hydrogen-bond acceptors (Lipinski definition) is 8. The van der Waals surface area contributed by atoms with Crippen LogP contribution in [0, 0.1) is 0 Å². The molecule has 13 heteroatoms. The number of aliphatic carboxylic acids is 1. The van der Waals surface area contributed by atoms with Crippen molar-refractivity contribution in [1.29, 1.82) is 0 Å². The summed E-state index contributed by atoms with van der Waals surface area (Å²) < 4.78 is 7.03. The Kier molecular flexibility index (Phi) is 9.26. The summed E-state index contributed by atoms with van der Waals surface area (Å²) in [5, 5.41) is 14.5. The fourth-order valence-electron chi connectivity index (χ4n) is 2.90. The summed E-state index contributed by atoms with van der Waals surface area (Å²) in [5.74, 6) is -0.519. The van der Waals surface area contributed by atoms with Crippen LogP contribution in [0.15, 0.2) is 17.6 Å². The quantitative estimate of drug-likeness (QED) is 0.165. The van der Waals surface area contributed by atoms with E-state index in [2.05, 4.69) is 30.6 Å². The van der Waals surface area contributed by atoms with Crippen molar-refractivity contribution in [3.63, 3.8) is 0 Å². The number of aliphatic imine (C=N–C) groups is 1. The number of guanidine groups is 1. The van der Waals surface area contributed by atoms with E-state index in [1.807, 2.05) is 4.57 Å². The molecule has 2 heterocycles. The molecule has 0 aromatic carbocycles. The first-order valence-electron chi connectivity index (χ1n) is 9.97. The fourth-order valence-corrected chi connectivity index (χ4v) is 2.90. The van der Waals surface area contributed by atoms with Gasteiger partial charge in [-0.15, -0.1) is 0 Å². The van der Waals surface area contributed by atoms with Crippen LogP contribution in [0.4, 0.5) is 10.6 Å². The van der Waals surface area contributed by atoms with Crippen LogP contribution in [0.1, 0.15) is 32.1 Å². The lowest BCUT2D eigenvalue weighted by molar-refractivity contribution is -0.139. The smallest absolute Gasteiger partial charge is 0.407 e. The number of amides is 1. The van der Waals surface area contributed by atoms with Gasteiger partial charge in [0.2, 0.25) is 0 Å². The van der Waals surface area contributed by atoms with Gasteiger partial charge in [-0.3, -0.25) is 4.99 Å². The third-order valence-electron chi connectivity index (χ3n) is 4.45. The Bertz CT molecular complexity index is 895. The van der Waals surface area contributed by atoms with E-state index in [1.54, 1.807) is 13.4 Å². The Morgan fingerprint density at radius 3 is 2.74 bits per heavy atom. The van der Waals surface area contributed by atoms with Gasteiger partial charge in [0.05, 0.1) is 12.9 Å². The minimum absolute atomic E-state index is 0.0588. The number of anilines is 1. The number of imidazole rings is 1. The van der Waals surface area contributed by atoms with E-state index in [9.17, 15) is 14.7 Å². The summed E-state index contributed by atoms with van der Waals surface area (Å²) in [7, 11) is 1.78. The van der Waals surface area contributed by atoms with Crippen molar-refractivity contribution in [3.05, 3.63) is 12.7 Å². The molecule has 0 fully saturated rings. The van der Waals surface area contributed by atoms with Crippen LogP contribution in [0.2, 0.25) is 0 Å². The Hall–Kier alpha value is -3.64. The van der Waals surface area contributed by atoms with Gasteiger partial charge in [-0.2, -0.15) is 0 Å². The average Bonchev–Trinajstić information content (AvgIpc) is 3.15. The first-order valence-corrected chi connectivity index (χ1v) is 9.97. The lowest BCUT2D eigenvalue weighted by Gasteiger charge is -2.14. The number of fused-ring (bicyclic) bond motifs is 1. The van der Waals surface area contributed by atoms with Crippen LogP contribution in [0.3, 0.4) is 0 Å². The van der Waals surface area contributed by atoms with Gasteiger partial charge in [0.1, 0.15) is 17.9 Å². The fraction of sp³-hybridized carbons (Fsp3) is 0.556. The number of nitrogens with zero attached hydrogens (tertiary/aromatic N) is 5. The molecule has 7 N–H and O–H groups in total. The largest absolute Gasteiger partial charge is 0.480 e. The van der Waals surface area contributed by atoms with Crippen molar-refractivity contribution in [2.75, 3.05) is 25.5 Å². The minimum Gasteiger partial charge on any atom is -0.480 e. The molecule has 2 aromatic rings. The highest BCUT2D eigenvalue weighted by Crippen LogP contribution is 2.17. The molecule has 0 bridgehead atoms. The number of unbranched alkanes of at least 4 members (excludes halogenated alkanes) is 2. The molecule has 0 aliphatic heterocycles. The highest BCUT2D eigenvalue weighted by Gasteiger charge is 2.20. The zero-order valence-electron chi connectivity index (χ0n) is 17.5. The molecule has 170 valence electrons. The molecule has 31 heavy (non-hydrogen) atoms. The Morgan fingerprint density at radius 1 is 1.23 bits per heavy atom. The van der Waals surface area contributed by atoms with Gasteiger partial charge in [0.15, 0.2) is 17.4 Å². The summed E-state index contributed by atoms with van der Waals surface area (Å²) in [6.07, 6.45) is 5.38.